The molecule has 0 aliphatic carbocycles. The van der Waals surface area contributed by atoms with Crippen molar-refractivity contribution in [3.8, 4) is 0 Å². The minimum absolute atomic E-state index is 0.248. The van der Waals surface area contributed by atoms with Crippen LogP contribution in [0.15, 0.2) is 29.2 Å². The Balaban J connectivity index is 2.36. The van der Waals surface area contributed by atoms with Crippen molar-refractivity contribution in [2.24, 2.45) is 0 Å². The molecule has 92 valence electrons. The van der Waals surface area contributed by atoms with Gasteiger partial charge >= 0.3 is 0 Å². The number of benzene rings is 1. The molecule has 5 heteroatoms. The third kappa shape index (κ3) is 2.66. The van der Waals surface area contributed by atoms with E-state index < -0.39 is 9.84 Å². The van der Waals surface area contributed by atoms with Crippen molar-refractivity contribution in [1.82, 2.24) is 0 Å². The van der Waals surface area contributed by atoms with Crippen molar-refractivity contribution in [3.05, 3.63) is 24.3 Å². The fourth-order valence-electron chi connectivity index (χ4n) is 2.03. The third-order valence-electron chi connectivity index (χ3n) is 2.93. The lowest BCUT2D eigenvalue weighted by molar-refractivity contribution is -0.119. The SMILES string of the molecule is CS(=O)(=O)c1ccccc1N1CCC(=O)CC1. The summed E-state index contributed by atoms with van der Waals surface area (Å²) in [5.41, 5.74) is 0.711. The summed E-state index contributed by atoms with van der Waals surface area (Å²) in [5.74, 6) is 0.248. The molecular weight excluding hydrogens is 238 g/mol. The van der Waals surface area contributed by atoms with E-state index in [9.17, 15) is 13.2 Å². The molecule has 1 aromatic rings. The van der Waals surface area contributed by atoms with Gasteiger partial charge in [0, 0.05) is 32.2 Å². The second-order valence-electron chi connectivity index (χ2n) is 4.27. The van der Waals surface area contributed by atoms with Crippen molar-refractivity contribution in [1.29, 1.82) is 0 Å². The fourth-order valence-corrected chi connectivity index (χ4v) is 2.93. The summed E-state index contributed by atoms with van der Waals surface area (Å²) in [5, 5.41) is 0. The Kier molecular flexibility index (Phi) is 3.19. The lowest BCUT2D eigenvalue weighted by Gasteiger charge is -2.29. The molecule has 0 unspecified atom stereocenters. The number of hydrogen-bond donors (Lipinski definition) is 0. The normalized spacial score (nSPS) is 17.2. The first kappa shape index (κ1) is 12.1. The van der Waals surface area contributed by atoms with Gasteiger partial charge < -0.3 is 4.90 Å². The number of sulfone groups is 1. The molecule has 0 bridgehead atoms. The minimum Gasteiger partial charge on any atom is -0.370 e. The summed E-state index contributed by atoms with van der Waals surface area (Å²) >= 11 is 0. The van der Waals surface area contributed by atoms with Gasteiger partial charge in [-0.25, -0.2) is 8.42 Å². The Labute approximate surface area is 101 Å². The van der Waals surface area contributed by atoms with E-state index in [1.54, 1.807) is 18.2 Å². The number of Topliss-reactive ketones (excluding diaryl/α,β-unsaturated/α-hetero) is 1. The summed E-state index contributed by atoms with van der Waals surface area (Å²) in [7, 11) is -3.22. The minimum atomic E-state index is -3.22. The van der Waals surface area contributed by atoms with Crippen molar-refractivity contribution < 1.29 is 13.2 Å². The van der Waals surface area contributed by atoms with Crippen LogP contribution < -0.4 is 4.90 Å². The molecule has 4 nitrogen and oxygen atoms in total. The molecule has 1 aromatic carbocycles. The van der Waals surface area contributed by atoms with E-state index in [1.165, 1.54) is 6.26 Å². The number of nitrogens with zero attached hydrogens (tertiary/aromatic N) is 1. The molecular formula is C12H15NO3S. The Morgan fingerprint density at radius 1 is 1.12 bits per heavy atom. The second-order valence-corrected chi connectivity index (χ2v) is 6.25. The van der Waals surface area contributed by atoms with Gasteiger partial charge in [-0.3, -0.25) is 4.79 Å². The van der Waals surface area contributed by atoms with E-state index in [0.29, 0.717) is 36.5 Å². The first-order valence-corrected chi connectivity index (χ1v) is 7.43. The highest BCUT2D eigenvalue weighted by Gasteiger charge is 2.21. The standard InChI is InChI=1S/C12H15NO3S/c1-17(15,16)12-5-3-2-4-11(12)13-8-6-10(14)7-9-13/h2-5H,6-9H2,1H3. The first-order valence-electron chi connectivity index (χ1n) is 5.54. The van der Waals surface area contributed by atoms with Gasteiger partial charge in [0.1, 0.15) is 5.78 Å². The predicted octanol–water partition coefficient (Wildman–Crippen LogP) is 1.26. The molecule has 0 atom stereocenters. The Morgan fingerprint density at radius 3 is 2.29 bits per heavy atom. The average molecular weight is 253 g/mol. The lowest BCUT2D eigenvalue weighted by Crippen LogP contribution is -2.34. The molecule has 1 heterocycles. The van der Waals surface area contributed by atoms with Gasteiger partial charge in [-0.05, 0) is 12.1 Å². The van der Waals surface area contributed by atoms with Crippen LogP contribution in [0.4, 0.5) is 5.69 Å². The van der Waals surface area contributed by atoms with Crippen molar-refractivity contribution >= 4 is 21.3 Å². The van der Waals surface area contributed by atoms with Crippen LogP contribution in [-0.4, -0.2) is 33.5 Å². The van der Waals surface area contributed by atoms with E-state index in [0.717, 1.165) is 0 Å². The highest BCUT2D eigenvalue weighted by molar-refractivity contribution is 7.90. The molecule has 1 aliphatic heterocycles. The van der Waals surface area contributed by atoms with Crippen LogP contribution in [-0.2, 0) is 14.6 Å². The maximum Gasteiger partial charge on any atom is 0.177 e. The summed E-state index contributed by atoms with van der Waals surface area (Å²) < 4.78 is 23.3. The number of piperidine rings is 1. The van der Waals surface area contributed by atoms with Gasteiger partial charge in [0.15, 0.2) is 9.84 Å². The number of rotatable bonds is 2. The molecule has 2 rings (SSSR count). The van der Waals surface area contributed by atoms with Crippen LogP contribution >= 0.6 is 0 Å². The summed E-state index contributed by atoms with van der Waals surface area (Å²) in [6.07, 6.45) is 2.21. The third-order valence-corrected chi connectivity index (χ3v) is 4.07. The molecule has 0 aromatic heterocycles. The van der Waals surface area contributed by atoms with Gasteiger partial charge in [-0.15, -0.1) is 0 Å². The van der Waals surface area contributed by atoms with E-state index >= 15 is 0 Å². The number of ketones is 1. The van der Waals surface area contributed by atoms with Gasteiger partial charge in [-0.2, -0.15) is 0 Å². The van der Waals surface area contributed by atoms with Gasteiger partial charge in [0.2, 0.25) is 0 Å². The van der Waals surface area contributed by atoms with Crippen LogP contribution in [0.5, 0.6) is 0 Å². The maximum atomic E-state index is 11.7. The predicted molar refractivity (Wildman–Crippen MR) is 66.0 cm³/mol. The Morgan fingerprint density at radius 2 is 1.71 bits per heavy atom. The monoisotopic (exact) mass is 253 g/mol. The lowest BCUT2D eigenvalue weighted by atomic mass is 10.1. The summed E-state index contributed by atoms with van der Waals surface area (Å²) in [4.78, 5) is 13.5. The highest BCUT2D eigenvalue weighted by Crippen LogP contribution is 2.26. The molecule has 0 radical (unpaired) electrons. The topological polar surface area (TPSA) is 54.5 Å². The number of hydrogen-bond acceptors (Lipinski definition) is 4. The van der Waals surface area contributed by atoms with Gasteiger partial charge in [0.25, 0.3) is 0 Å². The first-order chi connectivity index (χ1) is 7.98. The number of carbonyl (C=O) groups excluding carboxylic acids is 1. The smallest absolute Gasteiger partial charge is 0.177 e. The van der Waals surface area contributed by atoms with E-state index in [1.807, 2.05) is 11.0 Å². The number of para-hydroxylation sites is 1. The quantitative estimate of drug-likeness (QED) is 0.796. The van der Waals surface area contributed by atoms with Crippen LogP contribution in [0.2, 0.25) is 0 Å². The van der Waals surface area contributed by atoms with Crippen LogP contribution in [0.1, 0.15) is 12.8 Å². The second kappa shape index (κ2) is 4.49. The number of carbonyl (C=O) groups is 1. The summed E-state index contributed by atoms with van der Waals surface area (Å²) in [6.45, 7) is 1.21. The Bertz CT molecular complexity index is 526. The van der Waals surface area contributed by atoms with E-state index in [2.05, 4.69) is 0 Å². The molecule has 0 N–H and O–H groups in total. The van der Waals surface area contributed by atoms with E-state index in [-0.39, 0.29) is 5.78 Å². The average Bonchev–Trinajstić information content (AvgIpc) is 2.29. The zero-order valence-corrected chi connectivity index (χ0v) is 10.5. The highest BCUT2D eigenvalue weighted by atomic mass is 32.2. The maximum absolute atomic E-state index is 11.7. The molecule has 0 spiro atoms. The van der Waals surface area contributed by atoms with Gasteiger partial charge in [-0.1, -0.05) is 12.1 Å². The summed E-state index contributed by atoms with van der Waals surface area (Å²) in [6, 6.07) is 6.95. The Hall–Kier alpha value is -1.36. The van der Waals surface area contributed by atoms with Crippen LogP contribution in [0.3, 0.4) is 0 Å². The van der Waals surface area contributed by atoms with Crippen molar-refractivity contribution in [2.45, 2.75) is 17.7 Å². The van der Waals surface area contributed by atoms with Crippen molar-refractivity contribution in [3.63, 3.8) is 0 Å². The molecule has 0 amide bonds. The molecule has 1 aliphatic rings. The fraction of sp³-hybridized carbons (Fsp3) is 0.417. The zero-order valence-electron chi connectivity index (χ0n) is 9.72. The number of anilines is 1. The van der Waals surface area contributed by atoms with Crippen LogP contribution in [0.25, 0.3) is 0 Å². The zero-order chi connectivity index (χ0) is 12.5. The van der Waals surface area contributed by atoms with E-state index in [4.69, 9.17) is 0 Å². The molecule has 1 fully saturated rings. The van der Waals surface area contributed by atoms with Crippen molar-refractivity contribution in [2.75, 3.05) is 24.2 Å². The molecule has 17 heavy (non-hydrogen) atoms. The van der Waals surface area contributed by atoms with Crippen LogP contribution in [0, 0.1) is 0 Å². The molecule has 0 saturated carbocycles. The van der Waals surface area contributed by atoms with Gasteiger partial charge in [0.05, 0.1) is 10.6 Å². The largest absolute Gasteiger partial charge is 0.370 e. The molecule has 1 saturated heterocycles.